The van der Waals surface area contributed by atoms with E-state index in [4.69, 9.17) is 11.6 Å². The number of anilines is 1. The van der Waals surface area contributed by atoms with Crippen molar-refractivity contribution in [1.29, 1.82) is 0 Å². The number of halogens is 4. The fourth-order valence-electron chi connectivity index (χ4n) is 2.53. The van der Waals surface area contributed by atoms with Crippen LogP contribution >= 0.6 is 11.6 Å². The summed E-state index contributed by atoms with van der Waals surface area (Å²) >= 11 is 6.12. The van der Waals surface area contributed by atoms with Gasteiger partial charge in [-0.05, 0) is 24.1 Å². The van der Waals surface area contributed by atoms with Crippen LogP contribution in [-0.4, -0.2) is 25.7 Å². The maximum absolute atomic E-state index is 12.8. The number of alkyl halides is 3. The van der Waals surface area contributed by atoms with Gasteiger partial charge in [-0.25, -0.2) is 0 Å². The Balaban J connectivity index is 2.39. The lowest BCUT2D eigenvalue weighted by Gasteiger charge is -2.41. The first-order valence-electron chi connectivity index (χ1n) is 6.65. The number of piperazine rings is 1. The Morgan fingerprint density at radius 2 is 2.05 bits per heavy atom. The van der Waals surface area contributed by atoms with Crippen LogP contribution in [0.25, 0.3) is 0 Å². The quantitative estimate of drug-likeness (QED) is 0.894. The molecule has 1 aliphatic rings. The highest BCUT2D eigenvalue weighted by Crippen LogP contribution is 2.36. The van der Waals surface area contributed by atoms with Crippen LogP contribution in [0.3, 0.4) is 0 Å². The lowest BCUT2D eigenvalue weighted by atomic mass is 9.99. The van der Waals surface area contributed by atoms with Crippen molar-refractivity contribution in [2.75, 3.05) is 24.5 Å². The maximum atomic E-state index is 12.8. The first kappa shape index (κ1) is 15.4. The Morgan fingerprint density at radius 3 is 2.65 bits per heavy atom. The van der Waals surface area contributed by atoms with Gasteiger partial charge in [0.2, 0.25) is 0 Å². The second-order valence-electron chi connectivity index (χ2n) is 5.37. The zero-order valence-corrected chi connectivity index (χ0v) is 12.2. The van der Waals surface area contributed by atoms with Crippen molar-refractivity contribution >= 4 is 17.3 Å². The number of benzene rings is 1. The molecule has 20 heavy (non-hydrogen) atoms. The topological polar surface area (TPSA) is 15.3 Å². The highest BCUT2D eigenvalue weighted by molar-refractivity contribution is 6.33. The molecule has 2 rings (SSSR count). The van der Waals surface area contributed by atoms with Gasteiger partial charge in [-0.3, -0.25) is 0 Å². The molecule has 1 aliphatic heterocycles. The third kappa shape index (κ3) is 3.20. The largest absolute Gasteiger partial charge is 0.416 e. The highest BCUT2D eigenvalue weighted by Gasteiger charge is 2.33. The smallest absolute Gasteiger partial charge is 0.365 e. The molecule has 0 aliphatic carbocycles. The third-order valence-corrected chi connectivity index (χ3v) is 3.96. The second-order valence-corrected chi connectivity index (χ2v) is 5.78. The van der Waals surface area contributed by atoms with E-state index >= 15 is 0 Å². The molecule has 0 aromatic heterocycles. The van der Waals surface area contributed by atoms with Crippen LogP contribution < -0.4 is 10.2 Å². The summed E-state index contributed by atoms with van der Waals surface area (Å²) in [5.74, 6) is 0.327. The third-order valence-electron chi connectivity index (χ3n) is 3.64. The molecule has 1 unspecified atom stereocenters. The molecule has 2 nitrogen and oxygen atoms in total. The van der Waals surface area contributed by atoms with Crippen molar-refractivity contribution in [3.05, 3.63) is 28.8 Å². The minimum atomic E-state index is -4.35. The summed E-state index contributed by atoms with van der Waals surface area (Å²) < 4.78 is 38.5. The zero-order chi connectivity index (χ0) is 14.9. The summed E-state index contributed by atoms with van der Waals surface area (Å²) in [4.78, 5) is 1.98. The number of hydrogen-bond donors (Lipinski definition) is 1. The molecule has 1 aromatic carbocycles. The molecule has 0 bridgehead atoms. The van der Waals surface area contributed by atoms with Gasteiger partial charge in [-0.2, -0.15) is 13.2 Å². The number of nitrogens with zero attached hydrogens (tertiary/aromatic N) is 1. The van der Waals surface area contributed by atoms with Crippen molar-refractivity contribution < 1.29 is 13.2 Å². The minimum Gasteiger partial charge on any atom is -0.365 e. The molecular formula is C14H18ClF3N2. The van der Waals surface area contributed by atoms with Gasteiger partial charge in [0.15, 0.2) is 0 Å². The van der Waals surface area contributed by atoms with E-state index in [2.05, 4.69) is 19.2 Å². The standard InChI is InChI=1S/C14H18ClF3N2/c1-9(2)13-8-19-5-6-20(13)12-7-10(14(16,17)18)3-4-11(12)15/h3-4,7,9,13,19H,5-6,8H2,1-2H3. The summed E-state index contributed by atoms with van der Waals surface area (Å²) in [7, 11) is 0. The lowest BCUT2D eigenvalue weighted by molar-refractivity contribution is -0.137. The van der Waals surface area contributed by atoms with Gasteiger partial charge < -0.3 is 10.2 Å². The van der Waals surface area contributed by atoms with Crippen LogP contribution in [0.1, 0.15) is 19.4 Å². The Labute approximate surface area is 121 Å². The van der Waals surface area contributed by atoms with Crippen LogP contribution in [0.4, 0.5) is 18.9 Å². The van der Waals surface area contributed by atoms with E-state index in [0.717, 1.165) is 25.2 Å². The van der Waals surface area contributed by atoms with Crippen molar-refractivity contribution in [3.63, 3.8) is 0 Å². The number of hydrogen-bond acceptors (Lipinski definition) is 2. The molecule has 0 saturated carbocycles. The van der Waals surface area contributed by atoms with E-state index < -0.39 is 11.7 Å². The summed E-state index contributed by atoms with van der Waals surface area (Å²) in [5, 5.41) is 3.64. The van der Waals surface area contributed by atoms with E-state index in [1.165, 1.54) is 6.07 Å². The summed E-state index contributed by atoms with van der Waals surface area (Å²) in [6.45, 7) is 6.28. The van der Waals surface area contributed by atoms with Crippen LogP contribution in [-0.2, 0) is 6.18 Å². The predicted molar refractivity (Wildman–Crippen MR) is 75.3 cm³/mol. The van der Waals surface area contributed by atoms with Crippen molar-refractivity contribution in [3.8, 4) is 0 Å². The maximum Gasteiger partial charge on any atom is 0.416 e. The average molecular weight is 307 g/mol. The van der Waals surface area contributed by atoms with E-state index in [-0.39, 0.29) is 6.04 Å². The molecule has 1 heterocycles. The fraction of sp³-hybridized carbons (Fsp3) is 0.571. The molecule has 1 fully saturated rings. The summed E-state index contributed by atoms with van der Waals surface area (Å²) in [6.07, 6.45) is -4.35. The van der Waals surface area contributed by atoms with Gasteiger partial charge >= 0.3 is 6.18 Å². The van der Waals surface area contributed by atoms with E-state index in [0.29, 0.717) is 23.2 Å². The summed E-state index contributed by atoms with van der Waals surface area (Å²) in [5.41, 5.74) is -0.181. The van der Waals surface area contributed by atoms with Crippen LogP contribution in [0, 0.1) is 5.92 Å². The van der Waals surface area contributed by atoms with Crippen LogP contribution in [0.5, 0.6) is 0 Å². The van der Waals surface area contributed by atoms with Crippen molar-refractivity contribution in [2.45, 2.75) is 26.1 Å². The Hall–Kier alpha value is -0.940. The average Bonchev–Trinajstić information content (AvgIpc) is 2.38. The molecule has 0 spiro atoms. The SMILES string of the molecule is CC(C)C1CNCCN1c1cc(C(F)(F)F)ccc1Cl. The normalized spacial score (nSPS) is 20.6. The molecule has 1 saturated heterocycles. The van der Waals surface area contributed by atoms with E-state index in [9.17, 15) is 13.2 Å². The predicted octanol–water partition coefficient (Wildman–Crippen LogP) is 3.79. The van der Waals surface area contributed by atoms with Crippen molar-refractivity contribution in [2.24, 2.45) is 5.92 Å². The van der Waals surface area contributed by atoms with E-state index in [1.807, 2.05) is 4.90 Å². The molecular weight excluding hydrogens is 289 g/mol. The van der Waals surface area contributed by atoms with Gasteiger partial charge in [0, 0.05) is 25.7 Å². The lowest BCUT2D eigenvalue weighted by Crippen LogP contribution is -2.53. The molecule has 0 amide bonds. The number of rotatable bonds is 2. The molecule has 6 heteroatoms. The van der Waals surface area contributed by atoms with Gasteiger partial charge in [-0.15, -0.1) is 0 Å². The van der Waals surface area contributed by atoms with Gasteiger partial charge in [0.05, 0.1) is 16.3 Å². The highest BCUT2D eigenvalue weighted by atomic mass is 35.5. The van der Waals surface area contributed by atoms with E-state index in [1.54, 1.807) is 0 Å². The molecule has 1 atom stereocenters. The first-order chi connectivity index (χ1) is 9.30. The van der Waals surface area contributed by atoms with Crippen molar-refractivity contribution in [1.82, 2.24) is 5.32 Å². The Morgan fingerprint density at radius 1 is 1.35 bits per heavy atom. The van der Waals surface area contributed by atoms with Crippen LogP contribution in [0.2, 0.25) is 5.02 Å². The van der Waals surface area contributed by atoms with Gasteiger partial charge in [0.1, 0.15) is 0 Å². The van der Waals surface area contributed by atoms with Gasteiger partial charge in [-0.1, -0.05) is 25.4 Å². The molecule has 112 valence electrons. The Bertz CT molecular complexity index is 474. The zero-order valence-electron chi connectivity index (χ0n) is 11.5. The fourth-order valence-corrected chi connectivity index (χ4v) is 2.76. The van der Waals surface area contributed by atoms with Gasteiger partial charge in [0.25, 0.3) is 0 Å². The first-order valence-corrected chi connectivity index (χ1v) is 7.02. The second kappa shape index (κ2) is 5.82. The molecule has 1 N–H and O–H groups in total. The molecule has 1 aromatic rings. The van der Waals surface area contributed by atoms with Crippen LogP contribution in [0.15, 0.2) is 18.2 Å². The summed E-state index contributed by atoms with van der Waals surface area (Å²) in [6, 6.07) is 3.66. The minimum absolute atomic E-state index is 0.143. The Kier molecular flexibility index (Phi) is 4.49. The molecule has 0 radical (unpaired) electrons. The monoisotopic (exact) mass is 306 g/mol. The number of nitrogens with one attached hydrogen (secondary N) is 1.